The predicted molar refractivity (Wildman–Crippen MR) is 160 cm³/mol. The molecule has 5 nitrogen and oxygen atoms in total. The number of rotatable bonds is 6. The van der Waals surface area contributed by atoms with Gasteiger partial charge in [-0.05, 0) is 96.4 Å². The molecule has 40 heavy (non-hydrogen) atoms. The molecule has 3 heterocycles. The Balaban J connectivity index is 1.23. The maximum atomic E-state index is 9.97. The monoisotopic (exact) mass is 529 g/mol. The second kappa shape index (κ2) is 9.94. The van der Waals surface area contributed by atoms with Crippen molar-refractivity contribution in [3.8, 4) is 11.8 Å². The van der Waals surface area contributed by atoms with E-state index in [1.165, 1.54) is 36.0 Å². The number of H-pyrrole nitrogens is 1. The van der Waals surface area contributed by atoms with E-state index >= 15 is 0 Å². The number of nitrogens with zero attached hydrogens (tertiary/aromatic N) is 2. The molecule has 0 radical (unpaired) electrons. The minimum absolute atomic E-state index is 0.0912. The lowest BCUT2D eigenvalue weighted by Gasteiger charge is -2.28. The lowest BCUT2D eigenvalue weighted by Crippen LogP contribution is -2.26. The third-order valence-electron chi connectivity index (χ3n) is 9.27. The van der Waals surface area contributed by atoms with Gasteiger partial charge in [0.15, 0.2) is 0 Å². The average molecular weight is 530 g/mol. The largest absolute Gasteiger partial charge is 0.489 e. The molecule has 1 aromatic heterocycles. The Labute approximate surface area is 236 Å². The predicted octanol–water partition coefficient (Wildman–Crippen LogP) is 8.00. The highest BCUT2D eigenvalue weighted by molar-refractivity contribution is 5.93. The number of hydrogen-bond donors (Lipinski definition) is 1. The van der Waals surface area contributed by atoms with Crippen LogP contribution in [0.2, 0.25) is 0 Å². The summed E-state index contributed by atoms with van der Waals surface area (Å²) >= 11 is 0. The van der Waals surface area contributed by atoms with Gasteiger partial charge in [0.25, 0.3) is 0 Å². The molecule has 2 fully saturated rings. The molecule has 0 bridgehead atoms. The summed E-state index contributed by atoms with van der Waals surface area (Å²) in [5.41, 5.74) is 10.6. The Morgan fingerprint density at radius 3 is 2.75 bits per heavy atom. The molecule has 1 N–H and O–H groups in total. The molecule has 1 atom stereocenters. The SMILES string of the molecule is C/C=C\C1=CC(c2cc3c([nH]2)N=CCC=C3c2ccc(OC3CCOCC3)c(C#N)c2)=CC2=C(C3CCC3)[C@]12C. The van der Waals surface area contributed by atoms with Gasteiger partial charge < -0.3 is 14.5 Å². The first-order valence-corrected chi connectivity index (χ1v) is 14.7. The molecule has 1 aromatic carbocycles. The summed E-state index contributed by atoms with van der Waals surface area (Å²) in [5.74, 6) is 2.26. The van der Waals surface area contributed by atoms with Crippen molar-refractivity contribution in [1.29, 1.82) is 5.26 Å². The molecular formula is C35H35N3O2. The molecule has 5 aliphatic rings. The summed E-state index contributed by atoms with van der Waals surface area (Å²) in [6.45, 7) is 5.91. The van der Waals surface area contributed by atoms with Gasteiger partial charge in [-0.3, -0.25) is 0 Å². The molecule has 5 heteroatoms. The van der Waals surface area contributed by atoms with Gasteiger partial charge in [0.2, 0.25) is 0 Å². The number of aromatic nitrogens is 1. The molecule has 2 aromatic rings. The van der Waals surface area contributed by atoms with Crippen molar-refractivity contribution in [1.82, 2.24) is 4.98 Å². The van der Waals surface area contributed by atoms with Gasteiger partial charge in [-0.25, -0.2) is 4.99 Å². The van der Waals surface area contributed by atoms with Crippen molar-refractivity contribution in [3.05, 3.63) is 93.7 Å². The van der Waals surface area contributed by atoms with Crippen molar-refractivity contribution >= 4 is 23.2 Å². The lowest BCUT2D eigenvalue weighted by atomic mass is 9.76. The Kier molecular flexibility index (Phi) is 6.24. The Morgan fingerprint density at radius 2 is 2.00 bits per heavy atom. The van der Waals surface area contributed by atoms with Crippen LogP contribution in [0.15, 0.2) is 76.4 Å². The van der Waals surface area contributed by atoms with Crippen LogP contribution in [-0.2, 0) is 4.74 Å². The van der Waals surface area contributed by atoms with Crippen molar-refractivity contribution in [3.63, 3.8) is 0 Å². The van der Waals surface area contributed by atoms with Gasteiger partial charge in [-0.1, -0.05) is 30.7 Å². The minimum atomic E-state index is 0.0912. The molecule has 1 saturated carbocycles. The van der Waals surface area contributed by atoms with Crippen LogP contribution in [0.5, 0.6) is 5.75 Å². The molecule has 1 saturated heterocycles. The standard InChI is InChI=1S/C35H35N3O2/c1-3-6-26-18-24(19-30-33(35(26,30)2)22-7-4-8-22)31-20-29-28(9-5-14-37-34(29)38-31)23-10-11-32(25(17-23)21-36)40-27-12-15-39-16-13-27/h3,6,9-11,14,17-20,22,27,38H,4-5,7-8,12-13,15-16H2,1-2H3/b6-3-/t35-/m1/s1. The van der Waals surface area contributed by atoms with E-state index in [1.54, 1.807) is 5.57 Å². The maximum absolute atomic E-state index is 9.97. The van der Waals surface area contributed by atoms with E-state index in [9.17, 15) is 5.26 Å². The molecule has 0 amide bonds. The van der Waals surface area contributed by atoms with Gasteiger partial charge in [0, 0.05) is 42.1 Å². The summed E-state index contributed by atoms with van der Waals surface area (Å²) in [6.07, 6.45) is 19.9. The number of fused-ring (bicyclic) bond motifs is 2. The molecule has 0 spiro atoms. The molecule has 3 aliphatic carbocycles. The number of ether oxygens (including phenoxy) is 2. The first-order valence-electron chi connectivity index (χ1n) is 14.7. The third kappa shape index (κ3) is 4.14. The molecule has 0 unspecified atom stereocenters. The van der Waals surface area contributed by atoms with Crippen LogP contribution in [0.3, 0.4) is 0 Å². The minimum Gasteiger partial charge on any atom is -0.489 e. The highest BCUT2D eigenvalue weighted by Crippen LogP contribution is 2.66. The number of aliphatic imine (C=N–C) groups is 1. The van der Waals surface area contributed by atoms with E-state index in [2.05, 4.69) is 67.4 Å². The summed E-state index contributed by atoms with van der Waals surface area (Å²) in [6, 6.07) is 10.6. The van der Waals surface area contributed by atoms with E-state index in [4.69, 9.17) is 14.5 Å². The zero-order valence-electron chi connectivity index (χ0n) is 23.3. The maximum Gasteiger partial charge on any atom is 0.137 e. The Morgan fingerprint density at radius 1 is 1.15 bits per heavy atom. The molecular weight excluding hydrogens is 494 g/mol. The van der Waals surface area contributed by atoms with Gasteiger partial charge >= 0.3 is 0 Å². The van der Waals surface area contributed by atoms with E-state index < -0.39 is 0 Å². The van der Waals surface area contributed by atoms with E-state index in [-0.39, 0.29) is 11.5 Å². The zero-order valence-corrected chi connectivity index (χ0v) is 23.3. The second-order valence-electron chi connectivity index (χ2n) is 11.6. The Bertz CT molecular complexity index is 1600. The fourth-order valence-electron chi connectivity index (χ4n) is 6.81. The topological polar surface area (TPSA) is 70.4 Å². The van der Waals surface area contributed by atoms with Crippen molar-refractivity contribution in [2.24, 2.45) is 16.3 Å². The van der Waals surface area contributed by atoms with E-state index in [1.807, 2.05) is 18.3 Å². The smallest absolute Gasteiger partial charge is 0.137 e. The summed E-state index contributed by atoms with van der Waals surface area (Å²) < 4.78 is 11.7. The lowest BCUT2D eigenvalue weighted by molar-refractivity contribution is 0.0254. The fraction of sp³-hybridized carbons (Fsp3) is 0.371. The summed E-state index contributed by atoms with van der Waals surface area (Å²) in [4.78, 5) is 8.40. The number of allylic oxidation sites excluding steroid dienone is 9. The zero-order chi connectivity index (χ0) is 27.3. The van der Waals surface area contributed by atoms with Crippen LogP contribution in [0, 0.1) is 22.7 Å². The van der Waals surface area contributed by atoms with Crippen molar-refractivity contribution in [2.45, 2.75) is 58.5 Å². The average Bonchev–Trinajstić information content (AvgIpc) is 3.40. The molecule has 202 valence electrons. The third-order valence-corrected chi connectivity index (χ3v) is 9.27. The molecule has 2 aliphatic heterocycles. The van der Waals surface area contributed by atoms with Crippen molar-refractivity contribution < 1.29 is 9.47 Å². The summed E-state index contributed by atoms with van der Waals surface area (Å²) in [7, 11) is 0. The quantitative estimate of drug-likeness (QED) is 0.412. The van der Waals surface area contributed by atoms with Gasteiger partial charge in [0.1, 0.15) is 23.7 Å². The van der Waals surface area contributed by atoms with Crippen LogP contribution in [-0.4, -0.2) is 30.5 Å². The highest BCUT2D eigenvalue weighted by Gasteiger charge is 2.54. The van der Waals surface area contributed by atoms with E-state index in [0.717, 1.165) is 53.4 Å². The first kappa shape index (κ1) is 25.1. The summed E-state index contributed by atoms with van der Waals surface area (Å²) in [5, 5.41) is 9.97. The number of benzene rings is 1. The van der Waals surface area contributed by atoms with Gasteiger partial charge in [-0.15, -0.1) is 0 Å². The second-order valence-corrected chi connectivity index (χ2v) is 11.6. The molecule has 7 rings (SSSR count). The highest BCUT2D eigenvalue weighted by atomic mass is 16.5. The number of nitriles is 1. The van der Waals surface area contributed by atoms with Crippen LogP contribution in [0.4, 0.5) is 5.82 Å². The number of nitrogens with one attached hydrogen (secondary N) is 1. The fourth-order valence-corrected chi connectivity index (χ4v) is 6.81. The van der Waals surface area contributed by atoms with Gasteiger partial charge in [-0.2, -0.15) is 5.26 Å². The van der Waals surface area contributed by atoms with E-state index in [0.29, 0.717) is 24.5 Å². The van der Waals surface area contributed by atoms with Crippen LogP contribution in [0.1, 0.15) is 74.8 Å². The van der Waals surface area contributed by atoms with Crippen LogP contribution >= 0.6 is 0 Å². The Hall–Kier alpha value is -3.88. The normalized spacial score (nSPS) is 24.4. The van der Waals surface area contributed by atoms with Gasteiger partial charge in [0.05, 0.1) is 18.8 Å². The number of aromatic amines is 1. The van der Waals surface area contributed by atoms with Crippen LogP contribution in [0.25, 0.3) is 11.1 Å². The van der Waals surface area contributed by atoms with Crippen LogP contribution < -0.4 is 4.74 Å². The first-order chi connectivity index (χ1) is 19.6. The number of hydrogen-bond acceptors (Lipinski definition) is 4. The van der Waals surface area contributed by atoms with Crippen molar-refractivity contribution in [2.75, 3.05) is 13.2 Å².